The Hall–Kier alpha value is -1.39. The maximum Gasteiger partial charge on any atom is 0.328 e. The van der Waals surface area contributed by atoms with Gasteiger partial charge in [0.2, 0.25) is 0 Å². The third kappa shape index (κ3) is 4.32. The van der Waals surface area contributed by atoms with Crippen LogP contribution in [0.25, 0.3) is 0 Å². The first-order valence-corrected chi connectivity index (χ1v) is 7.00. The lowest BCUT2D eigenvalue weighted by Crippen LogP contribution is -2.50. The molecule has 2 N–H and O–H groups in total. The van der Waals surface area contributed by atoms with Gasteiger partial charge in [0.15, 0.2) is 0 Å². The Morgan fingerprint density at radius 2 is 1.85 bits per heavy atom. The number of benzene rings is 1. The third-order valence-corrected chi connectivity index (χ3v) is 3.12. The molecule has 0 saturated heterocycles. The van der Waals surface area contributed by atoms with E-state index in [1.807, 2.05) is 58.0 Å². The van der Waals surface area contributed by atoms with Crippen molar-refractivity contribution in [1.29, 1.82) is 0 Å². The summed E-state index contributed by atoms with van der Waals surface area (Å²) in [4.78, 5) is 11.8. The lowest BCUT2D eigenvalue weighted by molar-refractivity contribution is -0.147. The van der Waals surface area contributed by atoms with E-state index in [1.165, 1.54) is 0 Å². The molecular formula is C16H25NO3. The minimum absolute atomic E-state index is 0.271. The number of hydrogen-bond acceptors (Lipinski definition) is 3. The molecule has 0 aromatic heterocycles. The number of carboxylic acids is 1. The predicted molar refractivity (Wildman–Crippen MR) is 79.8 cm³/mol. The molecule has 1 aromatic carbocycles. The average Bonchev–Trinajstić information content (AvgIpc) is 2.37. The molecule has 4 heteroatoms. The lowest BCUT2D eigenvalue weighted by Gasteiger charge is -2.32. The van der Waals surface area contributed by atoms with Crippen molar-refractivity contribution in [3.8, 4) is 0 Å². The Morgan fingerprint density at radius 1 is 1.25 bits per heavy atom. The van der Waals surface area contributed by atoms with E-state index in [-0.39, 0.29) is 5.60 Å². The summed E-state index contributed by atoms with van der Waals surface area (Å²) >= 11 is 0. The van der Waals surface area contributed by atoms with Crippen molar-refractivity contribution < 1.29 is 14.6 Å². The first-order valence-electron chi connectivity index (χ1n) is 7.00. The Labute approximate surface area is 121 Å². The van der Waals surface area contributed by atoms with E-state index >= 15 is 0 Å². The molecule has 4 nitrogen and oxygen atoms in total. The van der Waals surface area contributed by atoms with Crippen LogP contribution in [0, 0.1) is 0 Å². The molecule has 0 saturated carbocycles. The number of nitrogens with one attached hydrogen (secondary N) is 1. The van der Waals surface area contributed by atoms with E-state index in [9.17, 15) is 9.90 Å². The molecule has 0 bridgehead atoms. The van der Waals surface area contributed by atoms with Crippen LogP contribution in [-0.4, -0.2) is 29.8 Å². The minimum atomic E-state index is -1.10. The van der Waals surface area contributed by atoms with Gasteiger partial charge in [-0.25, -0.2) is 4.79 Å². The fourth-order valence-corrected chi connectivity index (χ4v) is 2.18. The molecule has 0 amide bonds. The van der Waals surface area contributed by atoms with Crippen LogP contribution < -0.4 is 5.32 Å². The maximum atomic E-state index is 11.8. The zero-order valence-corrected chi connectivity index (χ0v) is 12.8. The second-order valence-corrected chi connectivity index (χ2v) is 5.82. The van der Waals surface area contributed by atoms with Gasteiger partial charge in [-0.2, -0.15) is 0 Å². The van der Waals surface area contributed by atoms with Crippen molar-refractivity contribution in [2.75, 3.05) is 13.2 Å². The zero-order chi connectivity index (χ0) is 15.2. The van der Waals surface area contributed by atoms with Crippen LogP contribution in [0.15, 0.2) is 30.3 Å². The Kier molecular flexibility index (Phi) is 5.72. The van der Waals surface area contributed by atoms with Gasteiger partial charge in [0.1, 0.15) is 5.54 Å². The smallest absolute Gasteiger partial charge is 0.328 e. The molecule has 0 fully saturated rings. The molecule has 0 aliphatic carbocycles. The topological polar surface area (TPSA) is 58.6 Å². The van der Waals surface area contributed by atoms with Crippen LogP contribution in [0.1, 0.15) is 39.7 Å². The number of rotatable bonds is 7. The van der Waals surface area contributed by atoms with Gasteiger partial charge in [-0.05, 0) is 32.9 Å². The summed E-state index contributed by atoms with van der Waals surface area (Å²) in [5, 5.41) is 12.8. The minimum Gasteiger partial charge on any atom is -0.480 e. The molecule has 1 unspecified atom stereocenters. The summed E-state index contributed by atoms with van der Waals surface area (Å²) < 4.78 is 5.70. The summed E-state index contributed by atoms with van der Waals surface area (Å²) in [6, 6.07) is 9.28. The zero-order valence-electron chi connectivity index (χ0n) is 12.8. The van der Waals surface area contributed by atoms with Crippen molar-refractivity contribution in [2.45, 2.75) is 45.3 Å². The van der Waals surface area contributed by atoms with E-state index < -0.39 is 11.5 Å². The fraction of sp³-hybridized carbons (Fsp3) is 0.562. The molecule has 0 aliphatic heterocycles. The Morgan fingerprint density at radius 3 is 2.30 bits per heavy atom. The van der Waals surface area contributed by atoms with Crippen molar-refractivity contribution in [3.05, 3.63) is 35.9 Å². The van der Waals surface area contributed by atoms with Crippen LogP contribution in [0.2, 0.25) is 0 Å². The number of ether oxygens (including phenoxy) is 1. The van der Waals surface area contributed by atoms with Crippen molar-refractivity contribution in [1.82, 2.24) is 5.32 Å². The van der Waals surface area contributed by atoms with Gasteiger partial charge in [-0.15, -0.1) is 0 Å². The Bertz CT molecular complexity index is 425. The van der Waals surface area contributed by atoms with E-state index in [2.05, 4.69) is 5.32 Å². The van der Waals surface area contributed by atoms with Crippen LogP contribution in [0.5, 0.6) is 0 Å². The van der Waals surface area contributed by atoms with E-state index in [0.29, 0.717) is 19.6 Å². The molecule has 112 valence electrons. The molecule has 0 aliphatic rings. The monoisotopic (exact) mass is 279 g/mol. The average molecular weight is 279 g/mol. The van der Waals surface area contributed by atoms with Crippen LogP contribution in [0.3, 0.4) is 0 Å². The van der Waals surface area contributed by atoms with Gasteiger partial charge < -0.3 is 9.84 Å². The van der Waals surface area contributed by atoms with Crippen LogP contribution in [-0.2, 0) is 15.1 Å². The van der Waals surface area contributed by atoms with Gasteiger partial charge in [-0.1, -0.05) is 37.3 Å². The van der Waals surface area contributed by atoms with Crippen molar-refractivity contribution in [2.24, 2.45) is 0 Å². The van der Waals surface area contributed by atoms with Crippen molar-refractivity contribution in [3.63, 3.8) is 0 Å². The second-order valence-electron chi connectivity index (χ2n) is 5.82. The number of hydrogen-bond donors (Lipinski definition) is 2. The highest BCUT2D eigenvalue weighted by atomic mass is 16.5. The summed E-state index contributed by atoms with van der Waals surface area (Å²) in [5.74, 6) is -0.872. The number of carboxylic acid groups (broad SMARTS) is 1. The highest BCUT2D eigenvalue weighted by Crippen LogP contribution is 2.26. The summed E-state index contributed by atoms with van der Waals surface area (Å²) in [7, 11) is 0. The maximum absolute atomic E-state index is 11.8. The number of carbonyl (C=O) groups is 1. The second kappa shape index (κ2) is 6.86. The molecule has 0 radical (unpaired) electrons. The third-order valence-electron chi connectivity index (χ3n) is 3.12. The first-order chi connectivity index (χ1) is 9.32. The van der Waals surface area contributed by atoms with Gasteiger partial charge in [0.05, 0.1) is 5.60 Å². The molecule has 20 heavy (non-hydrogen) atoms. The lowest BCUT2D eigenvalue weighted by atomic mass is 9.86. The molecule has 1 atom stereocenters. The van der Waals surface area contributed by atoms with Gasteiger partial charge in [-0.3, -0.25) is 5.32 Å². The number of aliphatic carboxylic acids is 1. The Balaban J connectivity index is 2.98. The van der Waals surface area contributed by atoms with E-state index in [0.717, 1.165) is 5.56 Å². The van der Waals surface area contributed by atoms with Gasteiger partial charge in [0.25, 0.3) is 0 Å². The SMILES string of the molecule is CCNC(CCOC(C)(C)C)(C(=O)O)c1ccccc1. The normalized spacial score (nSPS) is 14.8. The first kappa shape index (κ1) is 16.7. The quantitative estimate of drug-likeness (QED) is 0.806. The molecular weight excluding hydrogens is 254 g/mol. The highest BCUT2D eigenvalue weighted by Gasteiger charge is 2.39. The van der Waals surface area contributed by atoms with Crippen LogP contribution in [0.4, 0.5) is 0 Å². The predicted octanol–water partition coefficient (Wildman–Crippen LogP) is 2.78. The van der Waals surface area contributed by atoms with Gasteiger partial charge in [0, 0.05) is 13.0 Å². The van der Waals surface area contributed by atoms with Gasteiger partial charge >= 0.3 is 5.97 Å². The molecule has 1 rings (SSSR count). The van der Waals surface area contributed by atoms with Crippen molar-refractivity contribution >= 4 is 5.97 Å². The number of likely N-dealkylation sites (N-methyl/N-ethyl adjacent to an activating group) is 1. The summed E-state index contributed by atoms with van der Waals surface area (Å²) in [6.07, 6.45) is 0.386. The van der Waals surface area contributed by atoms with E-state index in [1.54, 1.807) is 0 Å². The molecule has 1 aromatic rings. The fourth-order valence-electron chi connectivity index (χ4n) is 2.18. The highest BCUT2D eigenvalue weighted by molar-refractivity contribution is 5.80. The van der Waals surface area contributed by atoms with E-state index in [4.69, 9.17) is 4.74 Å². The summed E-state index contributed by atoms with van der Waals surface area (Å²) in [6.45, 7) is 8.77. The largest absolute Gasteiger partial charge is 0.480 e. The summed E-state index contributed by atoms with van der Waals surface area (Å²) in [5.41, 5.74) is -0.610. The molecule has 0 heterocycles. The standard InChI is InChI=1S/C16H25NO3/c1-5-17-16(14(18)19,11-12-20-15(2,3)4)13-9-7-6-8-10-13/h6-10,17H,5,11-12H2,1-4H3,(H,18,19). The molecule has 0 spiro atoms. The van der Waals surface area contributed by atoms with Crippen LogP contribution >= 0.6 is 0 Å².